The molecule has 0 spiro atoms. The van der Waals surface area contributed by atoms with Gasteiger partial charge < -0.3 is 0 Å². The molecule has 0 N–H and O–H groups in total. The Morgan fingerprint density at radius 2 is 1.87 bits per heavy atom. The van der Waals surface area contributed by atoms with Crippen LogP contribution in [0.1, 0.15) is 33.1 Å². The zero-order valence-electron chi connectivity index (χ0n) is 9.61. The van der Waals surface area contributed by atoms with E-state index in [2.05, 4.69) is 13.8 Å². The van der Waals surface area contributed by atoms with E-state index in [4.69, 9.17) is 0 Å². The fourth-order valence-electron chi connectivity index (χ4n) is 1.70. The lowest BCUT2D eigenvalue weighted by Crippen LogP contribution is -2.10. The van der Waals surface area contributed by atoms with Crippen LogP contribution in [0.4, 0.5) is 0 Å². The molecule has 0 radical (unpaired) electrons. The first-order valence-corrected chi connectivity index (χ1v) is 7.03. The molecular weight excluding hydrogens is 204 g/mol. The smallest absolute Gasteiger partial charge is 0.0532 e. The van der Waals surface area contributed by atoms with Gasteiger partial charge in [0.05, 0.1) is 10.8 Å². The van der Waals surface area contributed by atoms with Gasteiger partial charge >= 0.3 is 0 Å². The monoisotopic (exact) mass is 224 g/mol. The summed E-state index contributed by atoms with van der Waals surface area (Å²) >= 11 is 0. The summed E-state index contributed by atoms with van der Waals surface area (Å²) in [4.78, 5) is 0.965. The Bertz CT molecular complexity index is 295. The molecule has 0 fully saturated rings. The van der Waals surface area contributed by atoms with Crippen LogP contribution in [-0.4, -0.2) is 9.96 Å². The van der Waals surface area contributed by atoms with Gasteiger partial charge in [0.1, 0.15) is 0 Å². The molecule has 1 aromatic carbocycles. The Morgan fingerprint density at radius 3 is 2.40 bits per heavy atom. The molecule has 15 heavy (non-hydrogen) atoms. The lowest BCUT2D eigenvalue weighted by molar-refractivity contribution is 0.511. The molecule has 0 saturated carbocycles. The van der Waals surface area contributed by atoms with E-state index in [-0.39, 0.29) is 0 Å². The topological polar surface area (TPSA) is 17.1 Å². The van der Waals surface area contributed by atoms with Crippen molar-refractivity contribution in [3.63, 3.8) is 0 Å². The van der Waals surface area contributed by atoms with E-state index >= 15 is 0 Å². The molecule has 1 nitrogen and oxygen atoms in total. The lowest BCUT2D eigenvalue weighted by Gasteiger charge is -2.12. The Labute approximate surface area is 95.4 Å². The molecule has 0 amide bonds. The molecule has 0 aliphatic rings. The van der Waals surface area contributed by atoms with Gasteiger partial charge in [0, 0.05) is 10.6 Å². The minimum atomic E-state index is -0.815. The van der Waals surface area contributed by atoms with Gasteiger partial charge in [-0.15, -0.1) is 0 Å². The highest BCUT2D eigenvalue weighted by atomic mass is 32.2. The molecule has 2 atom stereocenters. The summed E-state index contributed by atoms with van der Waals surface area (Å²) in [5.74, 6) is 1.42. The van der Waals surface area contributed by atoms with E-state index in [0.29, 0.717) is 5.92 Å². The average Bonchev–Trinajstić information content (AvgIpc) is 2.29. The maximum Gasteiger partial charge on any atom is 0.0532 e. The normalized spacial score (nSPS) is 14.8. The standard InChI is InChI=1S/C13H20OS/c1-3-8-12(4-2)11-15(14)13-9-6-5-7-10-13/h5-7,9-10,12H,3-4,8,11H2,1-2H3. The van der Waals surface area contributed by atoms with Crippen LogP contribution in [0, 0.1) is 5.92 Å². The molecule has 2 unspecified atom stereocenters. The summed E-state index contributed by atoms with van der Waals surface area (Å²) in [6, 6.07) is 9.77. The van der Waals surface area contributed by atoms with Crippen LogP contribution in [-0.2, 0) is 10.8 Å². The first kappa shape index (κ1) is 12.4. The van der Waals surface area contributed by atoms with Gasteiger partial charge in [-0.3, -0.25) is 4.21 Å². The van der Waals surface area contributed by atoms with Gasteiger partial charge in [-0.2, -0.15) is 0 Å². The summed E-state index contributed by atoms with van der Waals surface area (Å²) in [7, 11) is -0.815. The zero-order valence-corrected chi connectivity index (χ0v) is 10.4. The van der Waals surface area contributed by atoms with Crippen molar-refractivity contribution in [3.05, 3.63) is 30.3 Å². The van der Waals surface area contributed by atoms with Crippen LogP contribution in [0.15, 0.2) is 35.2 Å². The summed E-state index contributed by atoms with van der Waals surface area (Å²) in [6.45, 7) is 4.37. The van der Waals surface area contributed by atoms with Gasteiger partial charge in [-0.25, -0.2) is 0 Å². The van der Waals surface area contributed by atoms with Crippen molar-refractivity contribution < 1.29 is 4.21 Å². The second kappa shape index (κ2) is 6.78. The second-order valence-electron chi connectivity index (χ2n) is 3.89. The highest BCUT2D eigenvalue weighted by molar-refractivity contribution is 7.85. The molecule has 0 aliphatic heterocycles. The number of benzene rings is 1. The summed E-state index contributed by atoms with van der Waals surface area (Å²) in [5, 5.41) is 0. The van der Waals surface area contributed by atoms with Crippen molar-refractivity contribution in [3.8, 4) is 0 Å². The van der Waals surface area contributed by atoms with E-state index < -0.39 is 10.8 Å². The van der Waals surface area contributed by atoms with Crippen LogP contribution in [0.5, 0.6) is 0 Å². The fourth-order valence-corrected chi connectivity index (χ4v) is 3.18. The Balaban J connectivity index is 2.55. The third-order valence-corrected chi connectivity index (χ3v) is 4.24. The molecule has 2 heteroatoms. The Kier molecular flexibility index (Phi) is 5.62. The van der Waals surface area contributed by atoms with Gasteiger partial charge in [0.15, 0.2) is 0 Å². The molecule has 0 heterocycles. The number of hydrogen-bond acceptors (Lipinski definition) is 1. The summed E-state index contributed by atoms with van der Waals surface area (Å²) in [6.07, 6.45) is 3.51. The molecule has 0 saturated heterocycles. The Hall–Kier alpha value is -0.630. The minimum Gasteiger partial charge on any atom is -0.254 e. The van der Waals surface area contributed by atoms with Crippen molar-refractivity contribution in [1.82, 2.24) is 0 Å². The predicted molar refractivity (Wildman–Crippen MR) is 66.4 cm³/mol. The predicted octanol–water partition coefficient (Wildman–Crippen LogP) is 3.62. The van der Waals surface area contributed by atoms with Crippen LogP contribution >= 0.6 is 0 Å². The van der Waals surface area contributed by atoms with Crippen molar-refractivity contribution in [2.24, 2.45) is 5.92 Å². The van der Waals surface area contributed by atoms with Crippen molar-refractivity contribution in [2.75, 3.05) is 5.75 Å². The van der Waals surface area contributed by atoms with Crippen molar-refractivity contribution >= 4 is 10.8 Å². The highest BCUT2D eigenvalue weighted by Gasteiger charge is 2.11. The van der Waals surface area contributed by atoms with Gasteiger partial charge in [-0.1, -0.05) is 44.9 Å². The van der Waals surface area contributed by atoms with E-state index in [9.17, 15) is 4.21 Å². The molecular formula is C13H20OS. The lowest BCUT2D eigenvalue weighted by atomic mass is 10.0. The number of hydrogen-bond donors (Lipinski definition) is 0. The third-order valence-electron chi connectivity index (χ3n) is 2.67. The second-order valence-corrected chi connectivity index (χ2v) is 5.38. The van der Waals surface area contributed by atoms with Crippen LogP contribution in [0.3, 0.4) is 0 Å². The fraction of sp³-hybridized carbons (Fsp3) is 0.538. The van der Waals surface area contributed by atoms with Crippen molar-refractivity contribution in [2.45, 2.75) is 38.0 Å². The maximum absolute atomic E-state index is 12.0. The minimum absolute atomic E-state index is 0.607. The third kappa shape index (κ3) is 4.17. The van der Waals surface area contributed by atoms with Crippen LogP contribution < -0.4 is 0 Å². The first-order chi connectivity index (χ1) is 7.27. The van der Waals surface area contributed by atoms with Gasteiger partial charge in [0.2, 0.25) is 0 Å². The zero-order chi connectivity index (χ0) is 11.1. The molecule has 0 aliphatic carbocycles. The molecule has 1 aromatic rings. The van der Waals surface area contributed by atoms with E-state index in [0.717, 1.165) is 17.1 Å². The van der Waals surface area contributed by atoms with Gasteiger partial charge in [-0.05, 0) is 24.5 Å². The van der Waals surface area contributed by atoms with Crippen molar-refractivity contribution in [1.29, 1.82) is 0 Å². The average molecular weight is 224 g/mol. The van der Waals surface area contributed by atoms with Crippen LogP contribution in [0.25, 0.3) is 0 Å². The summed E-state index contributed by atoms with van der Waals surface area (Å²) < 4.78 is 12.0. The summed E-state index contributed by atoms with van der Waals surface area (Å²) in [5.41, 5.74) is 0. The molecule has 1 rings (SSSR count). The van der Waals surface area contributed by atoms with Crippen LogP contribution in [0.2, 0.25) is 0 Å². The van der Waals surface area contributed by atoms with E-state index in [1.54, 1.807) is 0 Å². The maximum atomic E-state index is 12.0. The van der Waals surface area contributed by atoms with E-state index in [1.807, 2.05) is 30.3 Å². The molecule has 0 bridgehead atoms. The number of rotatable bonds is 6. The largest absolute Gasteiger partial charge is 0.254 e. The SMILES string of the molecule is CCCC(CC)CS(=O)c1ccccc1. The molecule has 0 aromatic heterocycles. The first-order valence-electron chi connectivity index (χ1n) is 5.71. The van der Waals surface area contributed by atoms with Gasteiger partial charge in [0.25, 0.3) is 0 Å². The quantitative estimate of drug-likeness (QED) is 0.721. The highest BCUT2D eigenvalue weighted by Crippen LogP contribution is 2.16. The van der Waals surface area contributed by atoms with E-state index in [1.165, 1.54) is 12.8 Å². The Morgan fingerprint density at radius 1 is 1.20 bits per heavy atom. The molecule has 84 valence electrons.